The quantitative estimate of drug-likeness (QED) is 0.492. The van der Waals surface area contributed by atoms with Gasteiger partial charge in [-0.25, -0.2) is 4.79 Å². The Morgan fingerprint density at radius 3 is 2.56 bits per heavy atom. The van der Waals surface area contributed by atoms with Crippen molar-refractivity contribution in [3.05, 3.63) is 35.4 Å². The van der Waals surface area contributed by atoms with Crippen LogP contribution in [0.3, 0.4) is 0 Å². The van der Waals surface area contributed by atoms with Crippen LogP contribution in [0.4, 0.5) is 0 Å². The van der Waals surface area contributed by atoms with Crippen LogP contribution >= 0.6 is 0 Å². The molecule has 0 heterocycles. The molecule has 0 atom stereocenters. The maximum Gasteiger partial charge on any atom is 0.337 e. The third kappa shape index (κ3) is 5.03. The van der Waals surface area contributed by atoms with Crippen LogP contribution in [-0.4, -0.2) is 24.8 Å². The van der Waals surface area contributed by atoms with Gasteiger partial charge in [0.15, 0.2) is 0 Å². The van der Waals surface area contributed by atoms with Crippen LogP contribution in [0.2, 0.25) is 0 Å². The minimum atomic E-state index is -0.323. The second kappa shape index (κ2) is 8.32. The van der Waals surface area contributed by atoms with Crippen molar-refractivity contribution in [2.75, 3.05) is 13.7 Å². The number of hydrogen-bond acceptors (Lipinski definition) is 3. The third-order valence-electron chi connectivity index (χ3n) is 2.50. The first-order chi connectivity index (χ1) is 8.77. The standard InChI is InChI=1S/C15H18O3/c1-18-15(17)14-10-8-13(9-11-14)7-5-3-2-4-6-12-16/h8-11,16H,2,4,6-7,12H2,1H3. The Hall–Kier alpha value is -1.79. The molecule has 0 spiro atoms. The van der Waals surface area contributed by atoms with Gasteiger partial charge in [0.1, 0.15) is 0 Å². The van der Waals surface area contributed by atoms with E-state index in [1.54, 1.807) is 12.1 Å². The van der Waals surface area contributed by atoms with E-state index in [4.69, 9.17) is 5.11 Å². The Bertz CT molecular complexity index is 423. The minimum absolute atomic E-state index is 0.233. The number of hydrogen-bond donors (Lipinski definition) is 1. The molecule has 0 unspecified atom stereocenters. The van der Waals surface area contributed by atoms with Crippen molar-refractivity contribution in [3.63, 3.8) is 0 Å². The van der Waals surface area contributed by atoms with E-state index < -0.39 is 0 Å². The lowest BCUT2D eigenvalue weighted by molar-refractivity contribution is 0.0600. The highest BCUT2D eigenvalue weighted by Crippen LogP contribution is 2.06. The van der Waals surface area contributed by atoms with Crippen molar-refractivity contribution in [2.24, 2.45) is 0 Å². The zero-order chi connectivity index (χ0) is 13.2. The fourth-order valence-corrected chi connectivity index (χ4v) is 1.45. The fourth-order valence-electron chi connectivity index (χ4n) is 1.45. The summed E-state index contributed by atoms with van der Waals surface area (Å²) in [5.74, 6) is 5.82. The van der Waals surface area contributed by atoms with Crippen molar-refractivity contribution in [1.82, 2.24) is 0 Å². The summed E-state index contributed by atoms with van der Waals surface area (Å²) in [6.45, 7) is 0.233. The molecule has 0 bridgehead atoms. The van der Waals surface area contributed by atoms with E-state index in [1.165, 1.54) is 7.11 Å². The number of aliphatic hydroxyl groups excluding tert-OH is 1. The highest BCUT2D eigenvalue weighted by molar-refractivity contribution is 5.89. The Morgan fingerprint density at radius 2 is 1.94 bits per heavy atom. The molecule has 0 aliphatic carbocycles. The molecule has 0 amide bonds. The molecule has 0 saturated carbocycles. The molecule has 96 valence electrons. The third-order valence-corrected chi connectivity index (χ3v) is 2.50. The van der Waals surface area contributed by atoms with E-state index in [0.29, 0.717) is 12.0 Å². The number of aliphatic hydroxyl groups is 1. The summed E-state index contributed by atoms with van der Waals surface area (Å²) >= 11 is 0. The average molecular weight is 246 g/mol. The number of benzene rings is 1. The van der Waals surface area contributed by atoms with Gasteiger partial charge in [0.05, 0.1) is 12.7 Å². The van der Waals surface area contributed by atoms with Gasteiger partial charge in [0.2, 0.25) is 0 Å². The topological polar surface area (TPSA) is 46.5 Å². The zero-order valence-corrected chi connectivity index (χ0v) is 10.6. The number of methoxy groups -OCH3 is 1. The van der Waals surface area contributed by atoms with Gasteiger partial charge in [-0.2, -0.15) is 0 Å². The molecular formula is C15H18O3. The van der Waals surface area contributed by atoms with Gasteiger partial charge >= 0.3 is 5.97 Å². The Balaban J connectivity index is 2.41. The van der Waals surface area contributed by atoms with Gasteiger partial charge in [-0.05, 0) is 30.5 Å². The van der Waals surface area contributed by atoms with Gasteiger partial charge in [0.25, 0.3) is 0 Å². The molecule has 3 nitrogen and oxygen atoms in total. The van der Waals surface area contributed by atoms with Crippen molar-refractivity contribution >= 4 is 5.97 Å². The molecule has 0 saturated heterocycles. The summed E-state index contributed by atoms with van der Waals surface area (Å²) in [4.78, 5) is 11.2. The van der Waals surface area contributed by atoms with Crippen molar-refractivity contribution < 1.29 is 14.6 Å². The Morgan fingerprint density at radius 1 is 1.22 bits per heavy atom. The van der Waals surface area contributed by atoms with E-state index in [-0.39, 0.29) is 12.6 Å². The summed E-state index contributed by atoms with van der Waals surface area (Å²) in [7, 11) is 1.37. The van der Waals surface area contributed by atoms with Crippen LogP contribution in [0.25, 0.3) is 0 Å². The van der Waals surface area contributed by atoms with Gasteiger partial charge in [-0.1, -0.05) is 18.1 Å². The Labute approximate surface area is 108 Å². The molecule has 0 aromatic heterocycles. The predicted octanol–water partition coefficient (Wildman–Crippen LogP) is 2.18. The van der Waals surface area contributed by atoms with Crippen LogP contribution in [0, 0.1) is 11.8 Å². The van der Waals surface area contributed by atoms with E-state index in [1.807, 2.05) is 12.1 Å². The highest BCUT2D eigenvalue weighted by atomic mass is 16.5. The van der Waals surface area contributed by atoms with Crippen molar-refractivity contribution in [2.45, 2.75) is 25.7 Å². The van der Waals surface area contributed by atoms with Crippen LogP contribution in [0.1, 0.15) is 35.2 Å². The zero-order valence-electron chi connectivity index (χ0n) is 10.6. The number of rotatable bonds is 5. The summed E-state index contributed by atoms with van der Waals surface area (Å²) < 4.78 is 4.62. The number of unbranched alkanes of at least 4 members (excludes halogenated alkanes) is 2. The largest absolute Gasteiger partial charge is 0.465 e. The lowest BCUT2D eigenvalue weighted by atomic mass is 10.1. The maximum atomic E-state index is 11.2. The first kappa shape index (κ1) is 14.3. The highest BCUT2D eigenvalue weighted by Gasteiger charge is 2.03. The van der Waals surface area contributed by atoms with E-state index in [9.17, 15) is 4.79 Å². The smallest absolute Gasteiger partial charge is 0.337 e. The first-order valence-corrected chi connectivity index (χ1v) is 6.01. The Kier molecular flexibility index (Phi) is 6.60. The van der Waals surface area contributed by atoms with Gasteiger partial charge in [-0.3, -0.25) is 0 Å². The molecule has 3 heteroatoms. The van der Waals surface area contributed by atoms with Crippen LogP contribution in [0.15, 0.2) is 24.3 Å². The average Bonchev–Trinajstić information content (AvgIpc) is 2.42. The molecule has 0 aliphatic rings. The first-order valence-electron chi connectivity index (χ1n) is 6.01. The fraction of sp³-hybridized carbons (Fsp3) is 0.400. The van der Waals surface area contributed by atoms with E-state index in [0.717, 1.165) is 24.8 Å². The number of carbonyl (C=O) groups excluding carboxylic acids is 1. The lowest BCUT2D eigenvalue weighted by Crippen LogP contribution is -2.00. The molecule has 0 radical (unpaired) electrons. The monoisotopic (exact) mass is 246 g/mol. The van der Waals surface area contributed by atoms with E-state index >= 15 is 0 Å². The van der Waals surface area contributed by atoms with Gasteiger partial charge in [-0.15, -0.1) is 5.92 Å². The van der Waals surface area contributed by atoms with Crippen LogP contribution in [-0.2, 0) is 11.2 Å². The van der Waals surface area contributed by atoms with Gasteiger partial charge in [0, 0.05) is 19.4 Å². The molecule has 0 fully saturated rings. The number of ether oxygens (including phenoxy) is 1. The summed E-state index contributed by atoms with van der Waals surface area (Å²) in [5, 5.41) is 8.61. The number of carbonyl (C=O) groups is 1. The van der Waals surface area contributed by atoms with Crippen molar-refractivity contribution in [1.29, 1.82) is 0 Å². The molecule has 1 rings (SSSR count). The second-order valence-electron chi connectivity index (χ2n) is 3.90. The SMILES string of the molecule is COC(=O)c1ccc(CC#CCCCCO)cc1. The summed E-state index contributed by atoms with van der Waals surface area (Å²) in [6, 6.07) is 7.26. The maximum absolute atomic E-state index is 11.2. The van der Waals surface area contributed by atoms with Crippen molar-refractivity contribution in [3.8, 4) is 11.8 Å². The molecule has 1 aromatic carbocycles. The molecular weight excluding hydrogens is 228 g/mol. The van der Waals surface area contributed by atoms with Crippen LogP contribution in [0.5, 0.6) is 0 Å². The minimum Gasteiger partial charge on any atom is -0.465 e. The number of esters is 1. The summed E-state index contributed by atoms with van der Waals surface area (Å²) in [5.41, 5.74) is 1.63. The lowest BCUT2D eigenvalue weighted by Gasteiger charge is -1.99. The predicted molar refractivity (Wildman–Crippen MR) is 70.2 cm³/mol. The van der Waals surface area contributed by atoms with E-state index in [2.05, 4.69) is 16.6 Å². The second-order valence-corrected chi connectivity index (χ2v) is 3.90. The molecule has 1 N–H and O–H groups in total. The summed E-state index contributed by atoms with van der Waals surface area (Å²) in [6.07, 6.45) is 3.24. The van der Waals surface area contributed by atoms with Gasteiger partial charge < -0.3 is 9.84 Å². The van der Waals surface area contributed by atoms with Crippen LogP contribution < -0.4 is 0 Å². The molecule has 18 heavy (non-hydrogen) atoms. The normalized spacial score (nSPS) is 9.44. The molecule has 0 aliphatic heterocycles. The molecule has 1 aromatic rings.